The van der Waals surface area contributed by atoms with E-state index in [1.807, 2.05) is 0 Å². The van der Waals surface area contributed by atoms with Crippen LogP contribution >= 0.6 is 34.8 Å². The predicted molar refractivity (Wildman–Crippen MR) is 71.5 cm³/mol. The van der Waals surface area contributed by atoms with Gasteiger partial charge in [0.2, 0.25) is 5.28 Å². The number of hydrogen-bond donors (Lipinski definition) is 1. The van der Waals surface area contributed by atoms with E-state index in [1.54, 1.807) is 24.3 Å². The molecule has 1 aromatic heterocycles. The normalized spacial score (nSPS) is 10.2. The van der Waals surface area contributed by atoms with E-state index in [0.717, 1.165) is 0 Å². The van der Waals surface area contributed by atoms with Crippen molar-refractivity contribution in [3.63, 3.8) is 0 Å². The largest absolute Gasteiger partial charge is 0.322 e. The molecule has 0 spiro atoms. The van der Waals surface area contributed by atoms with E-state index < -0.39 is 5.91 Å². The van der Waals surface area contributed by atoms with Gasteiger partial charge in [0.05, 0.1) is 5.56 Å². The van der Waals surface area contributed by atoms with Crippen LogP contribution in [0, 0.1) is 0 Å². The van der Waals surface area contributed by atoms with Crippen LogP contribution in [0.15, 0.2) is 30.5 Å². The highest BCUT2D eigenvalue weighted by Gasteiger charge is 2.12. The summed E-state index contributed by atoms with van der Waals surface area (Å²) in [6, 6.07) is 6.67. The minimum absolute atomic E-state index is 0.00136. The summed E-state index contributed by atoms with van der Waals surface area (Å²) in [5.41, 5.74) is 0.742. The molecule has 2 aromatic rings. The van der Waals surface area contributed by atoms with Gasteiger partial charge in [0.15, 0.2) is 0 Å². The first kappa shape index (κ1) is 13.1. The lowest BCUT2D eigenvalue weighted by atomic mass is 10.3. The number of hydrogen-bond acceptors (Lipinski definition) is 3. The minimum Gasteiger partial charge on any atom is -0.322 e. The van der Waals surface area contributed by atoms with E-state index in [9.17, 15) is 4.79 Å². The number of halogens is 3. The Balaban J connectivity index is 2.19. The SMILES string of the molecule is O=C(Nc1ccc(Cl)cc1)c1cnc(Cl)nc1Cl. The molecule has 1 heterocycles. The zero-order valence-electron chi connectivity index (χ0n) is 8.82. The van der Waals surface area contributed by atoms with Crippen molar-refractivity contribution < 1.29 is 4.79 Å². The van der Waals surface area contributed by atoms with Crippen molar-refractivity contribution in [1.29, 1.82) is 0 Å². The van der Waals surface area contributed by atoms with E-state index in [0.29, 0.717) is 10.7 Å². The first-order valence-corrected chi connectivity index (χ1v) is 5.94. The molecule has 0 radical (unpaired) electrons. The molecule has 4 nitrogen and oxygen atoms in total. The molecular weight excluding hydrogens is 296 g/mol. The van der Waals surface area contributed by atoms with Gasteiger partial charge in [-0.15, -0.1) is 0 Å². The molecule has 0 unspecified atom stereocenters. The molecule has 0 saturated carbocycles. The number of amides is 1. The van der Waals surface area contributed by atoms with Gasteiger partial charge in [0, 0.05) is 16.9 Å². The van der Waals surface area contributed by atoms with E-state index in [2.05, 4.69) is 15.3 Å². The van der Waals surface area contributed by atoms with Crippen LogP contribution < -0.4 is 5.32 Å². The van der Waals surface area contributed by atoms with Crippen LogP contribution in [0.2, 0.25) is 15.5 Å². The summed E-state index contributed by atoms with van der Waals surface area (Å²) < 4.78 is 0. The summed E-state index contributed by atoms with van der Waals surface area (Å²) >= 11 is 17.1. The Morgan fingerprint density at radius 2 is 1.78 bits per heavy atom. The third-order valence-corrected chi connectivity index (χ3v) is 2.78. The van der Waals surface area contributed by atoms with Gasteiger partial charge >= 0.3 is 0 Å². The van der Waals surface area contributed by atoms with Crippen molar-refractivity contribution in [2.75, 3.05) is 5.32 Å². The Morgan fingerprint density at radius 3 is 2.39 bits per heavy atom. The lowest BCUT2D eigenvalue weighted by Crippen LogP contribution is -2.13. The molecule has 0 atom stereocenters. The molecule has 0 aliphatic rings. The Hall–Kier alpha value is -1.36. The van der Waals surface area contributed by atoms with Crippen LogP contribution in [-0.4, -0.2) is 15.9 Å². The summed E-state index contributed by atoms with van der Waals surface area (Å²) in [7, 11) is 0. The van der Waals surface area contributed by atoms with Crippen molar-refractivity contribution in [3.8, 4) is 0 Å². The molecule has 18 heavy (non-hydrogen) atoms. The molecule has 0 aliphatic carbocycles. The lowest BCUT2D eigenvalue weighted by molar-refractivity contribution is 0.102. The maximum atomic E-state index is 11.9. The smallest absolute Gasteiger partial charge is 0.260 e. The van der Waals surface area contributed by atoms with Gasteiger partial charge in [0.1, 0.15) is 5.15 Å². The van der Waals surface area contributed by atoms with Gasteiger partial charge in [-0.25, -0.2) is 9.97 Å². The summed E-state index contributed by atoms with van der Waals surface area (Å²) in [5.74, 6) is -0.418. The fourth-order valence-electron chi connectivity index (χ4n) is 1.23. The minimum atomic E-state index is -0.418. The molecule has 92 valence electrons. The van der Waals surface area contributed by atoms with Crippen LogP contribution in [0.3, 0.4) is 0 Å². The van der Waals surface area contributed by atoms with E-state index in [4.69, 9.17) is 34.8 Å². The molecule has 2 rings (SSSR count). The van der Waals surface area contributed by atoms with Crippen molar-refractivity contribution in [2.24, 2.45) is 0 Å². The predicted octanol–water partition coefficient (Wildman–Crippen LogP) is 3.69. The third-order valence-electron chi connectivity index (χ3n) is 2.06. The molecule has 7 heteroatoms. The topological polar surface area (TPSA) is 54.9 Å². The molecule has 0 bridgehead atoms. The Kier molecular flexibility index (Phi) is 4.01. The Bertz CT molecular complexity index is 587. The average Bonchev–Trinajstić information content (AvgIpc) is 2.32. The number of aromatic nitrogens is 2. The standard InChI is InChI=1S/C11H6Cl3N3O/c12-6-1-3-7(4-2-6)16-10(18)8-5-15-11(14)17-9(8)13/h1-5H,(H,16,18). The van der Waals surface area contributed by atoms with Crippen molar-refractivity contribution in [1.82, 2.24) is 9.97 Å². The number of rotatable bonds is 2. The molecule has 0 aliphatic heterocycles. The summed E-state index contributed by atoms with van der Waals surface area (Å²) in [5, 5.41) is 3.22. The number of carbonyl (C=O) groups is 1. The molecule has 1 amide bonds. The molecular formula is C11H6Cl3N3O. The van der Waals surface area contributed by atoms with Crippen LogP contribution in [0.4, 0.5) is 5.69 Å². The number of benzene rings is 1. The zero-order chi connectivity index (χ0) is 13.1. The van der Waals surface area contributed by atoms with Crippen LogP contribution in [0.5, 0.6) is 0 Å². The first-order chi connectivity index (χ1) is 8.56. The number of carbonyl (C=O) groups excluding carboxylic acids is 1. The van der Waals surface area contributed by atoms with E-state index in [1.165, 1.54) is 6.20 Å². The number of nitrogens with zero attached hydrogens (tertiary/aromatic N) is 2. The quantitative estimate of drug-likeness (QED) is 0.680. The molecule has 1 N–H and O–H groups in total. The molecule has 1 aromatic carbocycles. The van der Waals surface area contributed by atoms with Crippen molar-refractivity contribution >= 4 is 46.4 Å². The van der Waals surface area contributed by atoms with Gasteiger partial charge in [-0.1, -0.05) is 23.2 Å². The van der Waals surface area contributed by atoms with Crippen molar-refractivity contribution in [3.05, 3.63) is 51.5 Å². The van der Waals surface area contributed by atoms with Crippen molar-refractivity contribution in [2.45, 2.75) is 0 Å². The van der Waals surface area contributed by atoms with Gasteiger partial charge in [-0.05, 0) is 35.9 Å². The number of nitrogens with one attached hydrogen (secondary N) is 1. The summed E-state index contributed by atoms with van der Waals surface area (Å²) in [4.78, 5) is 19.3. The second-order valence-electron chi connectivity index (χ2n) is 3.30. The number of anilines is 1. The second kappa shape index (κ2) is 5.52. The van der Waals surface area contributed by atoms with Crippen LogP contribution in [0.25, 0.3) is 0 Å². The molecule has 0 saturated heterocycles. The fourth-order valence-corrected chi connectivity index (χ4v) is 1.74. The molecule has 0 fully saturated rings. The summed E-state index contributed by atoms with van der Waals surface area (Å²) in [6.07, 6.45) is 1.27. The van der Waals surface area contributed by atoms with Gasteiger partial charge < -0.3 is 5.32 Å². The third kappa shape index (κ3) is 3.10. The van der Waals surface area contributed by atoms with E-state index in [-0.39, 0.29) is 16.0 Å². The van der Waals surface area contributed by atoms with Crippen LogP contribution in [-0.2, 0) is 0 Å². The van der Waals surface area contributed by atoms with E-state index >= 15 is 0 Å². The summed E-state index contributed by atoms with van der Waals surface area (Å²) in [6.45, 7) is 0. The first-order valence-electron chi connectivity index (χ1n) is 4.81. The zero-order valence-corrected chi connectivity index (χ0v) is 11.1. The van der Waals surface area contributed by atoms with Crippen LogP contribution in [0.1, 0.15) is 10.4 Å². The lowest BCUT2D eigenvalue weighted by Gasteiger charge is -2.06. The highest BCUT2D eigenvalue weighted by Crippen LogP contribution is 2.18. The second-order valence-corrected chi connectivity index (χ2v) is 4.44. The van der Waals surface area contributed by atoms with Gasteiger partial charge in [0.25, 0.3) is 5.91 Å². The maximum Gasteiger partial charge on any atom is 0.260 e. The highest BCUT2D eigenvalue weighted by atomic mass is 35.5. The monoisotopic (exact) mass is 301 g/mol. The van der Waals surface area contributed by atoms with Gasteiger partial charge in [-0.3, -0.25) is 4.79 Å². The fraction of sp³-hybridized carbons (Fsp3) is 0. The highest BCUT2D eigenvalue weighted by molar-refractivity contribution is 6.34. The van der Waals surface area contributed by atoms with Gasteiger partial charge in [-0.2, -0.15) is 0 Å². The maximum absolute atomic E-state index is 11.9. The Morgan fingerprint density at radius 1 is 1.11 bits per heavy atom. The average molecular weight is 303 g/mol. The Labute approximate surface area is 118 Å².